The third-order valence-electron chi connectivity index (χ3n) is 6.45. The number of piperidine rings is 2. The third kappa shape index (κ3) is 5.97. The van der Waals surface area contributed by atoms with Crippen molar-refractivity contribution in [2.75, 3.05) is 39.8 Å². The third-order valence-corrected chi connectivity index (χ3v) is 7.31. The Kier molecular flexibility index (Phi) is 9.00. The lowest BCUT2D eigenvalue weighted by molar-refractivity contribution is 0.165. The molecule has 4 heterocycles. The molecule has 2 aromatic heterocycles. The number of aliphatic imine (C=N–C) groups is 1. The van der Waals surface area contributed by atoms with Crippen molar-refractivity contribution in [3.8, 4) is 0 Å². The number of imidazole rings is 1. The van der Waals surface area contributed by atoms with Crippen LogP contribution in [-0.2, 0) is 6.54 Å². The average Bonchev–Trinajstić information content (AvgIpc) is 3.44. The molecule has 0 bridgehead atoms. The van der Waals surface area contributed by atoms with Gasteiger partial charge in [-0.25, -0.2) is 4.98 Å². The van der Waals surface area contributed by atoms with Gasteiger partial charge in [0.15, 0.2) is 5.96 Å². The summed E-state index contributed by atoms with van der Waals surface area (Å²) in [6, 6.07) is 4.87. The monoisotopic (exact) mass is 542 g/mol. The molecule has 2 aliphatic heterocycles. The quantitative estimate of drug-likeness (QED) is 0.354. The predicted molar refractivity (Wildman–Crippen MR) is 136 cm³/mol. The molecule has 2 aromatic rings. The van der Waals surface area contributed by atoms with Crippen LogP contribution in [0.1, 0.15) is 37.1 Å². The van der Waals surface area contributed by atoms with Crippen LogP contribution in [0.5, 0.6) is 0 Å². The van der Waals surface area contributed by atoms with Gasteiger partial charge in [0.2, 0.25) is 0 Å². The molecule has 6 nitrogen and oxygen atoms in total. The Labute approximate surface area is 201 Å². The van der Waals surface area contributed by atoms with Crippen LogP contribution in [0.3, 0.4) is 0 Å². The van der Waals surface area contributed by atoms with Gasteiger partial charge in [-0.05, 0) is 49.1 Å². The number of hydrogen-bond acceptors (Lipinski definition) is 4. The molecule has 0 radical (unpaired) electrons. The highest BCUT2D eigenvalue weighted by atomic mass is 127. The van der Waals surface area contributed by atoms with E-state index in [1.54, 1.807) is 0 Å². The molecule has 0 aromatic carbocycles. The van der Waals surface area contributed by atoms with E-state index >= 15 is 0 Å². The first-order valence-electron chi connectivity index (χ1n) is 10.9. The number of aromatic nitrogens is 2. The second-order valence-electron chi connectivity index (χ2n) is 8.54. The first-order chi connectivity index (χ1) is 14.2. The van der Waals surface area contributed by atoms with Gasteiger partial charge in [-0.1, -0.05) is 13.0 Å². The van der Waals surface area contributed by atoms with Gasteiger partial charge in [0.05, 0.1) is 12.4 Å². The Balaban J connectivity index is 0.00000256. The van der Waals surface area contributed by atoms with Crippen LogP contribution >= 0.6 is 35.3 Å². The fourth-order valence-electron chi connectivity index (χ4n) is 4.75. The number of thiophene rings is 1. The van der Waals surface area contributed by atoms with Crippen LogP contribution in [0, 0.1) is 11.8 Å². The van der Waals surface area contributed by atoms with Crippen LogP contribution in [0.2, 0.25) is 0 Å². The largest absolute Gasteiger partial charge is 0.356 e. The highest BCUT2D eigenvalue weighted by Crippen LogP contribution is 2.27. The molecule has 2 aliphatic rings. The number of guanidine groups is 1. The van der Waals surface area contributed by atoms with Crippen LogP contribution in [0.25, 0.3) is 0 Å². The molecular weight excluding hydrogens is 507 g/mol. The number of nitrogens with one attached hydrogen (secondary N) is 1. The van der Waals surface area contributed by atoms with Gasteiger partial charge >= 0.3 is 0 Å². The Morgan fingerprint density at radius 1 is 1.30 bits per heavy atom. The summed E-state index contributed by atoms with van der Waals surface area (Å²) in [4.78, 5) is 15.4. The topological polar surface area (TPSA) is 48.7 Å². The lowest BCUT2D eigenvalue weighted by Gasteiger charge is -2.40. The molecule has 8 heteroatoms. The molecule has 0 amide bonds. The van der Waals surface area contributed by atoms with E-state index in [0.717, 1.165) is 32.1 Å². The number of likely N-dealkylation sites (tertiary alicyclic amines) is 2. The highest BCUT2D eigenvalue weighted by Gasteiger charge is 2.29. The van der Waals surface area contributed by atoms with E-state index in [0.29, 0.717) is 17.9 Å². The molecule has 2 fully saturated rings. The van der Waals surface area contributed by atoms with Crippen LogP contribution < -0.4 is 5.32 Å². The van der Waals surface area contributed by atoms with Crippen molar-refractivity contribution in [2.45, 2.75) is 38.8 Å². The Bertz CT molecular complexity index is 763. The number of halogens is 1. The molecule has 3 atom stereocenters. The van der Waals surface area contributed by atoms with Gasteiger partial charge in [0.1, 0.15) is 0 Å². The zero-order valence-corrected chi connectivity index (χ0v) is 21.3. The maximum Gasteiger partial charge on any atom is 0.193 e. The summed E-state index contributed by atoms with van der Waals surface area (Å²) >= 11 is 1.87. The standard InChI is InChI=1S/C22H34N6S.HI/c1-18-7-10-27(16-21(18)28-11-8-24-17-28)22(23-2)25-13-19-5-3-9-26(14-19)15-20-6-4-12-29-20;/h4,6,8,11-12,17-19,21H,3,5,7,9-10,13-16H2,1-2H3,(H,23,25);1H. The minimum atomic E-state index is 0. The molecule has 2 saturated heterocycles. The second kappa shape index (κ2) is 11.5. The minimum absolute atomic E-state index is 0. The second-order valence-corrected chi connectivity index (χ2v) is 9.57. The van der Waals surface area contributed by atoms with Crippen molar-refractivity contribution in [3.63, 3.8) is 0 Å². The van der Waals surface area contributed by atoms with E-state index in [2.05, 4.69) is 60.3 Å². The lowest BCUT2D eigenvalue weighted by atomic mass is 9.93. The van der Waals surface area contributed by atoms with Crippen molar-refractivity contribution < 1.29 is 0 Å². The first-order valence-corrected chi connectivity index (χ1v) is 11.8. The number of nitrogens with zero attached hydrogens (tertiary/aromatic N) is 5. The van der Waals surface area contributed by atoms with Crippen molar-refractivity contribution >= 4 is 41.3 Å². The highest BCUT2D eigenvalue weighted by molar-refractivity contribution is 14.0. The smallest absolute Gasteiger partial charge is 0.193 e. The minimum Gasteiger partial charge on any atom is -0.356 e. The van der Waals surface area contributed by atoms with E-state index in [-0.39, 0.29) is 24.0 Å². The predicted octanol–water partition coefficient (Wildman–Crippen LogP) is 3.93. The van der Waals surface area contributed by atoms with E-state index in [1.807, 2.05) is 30.9 Å². The van der Waals surface area contributed by atoms with Gasteiger partial charge in [0.25, 0.3) is 0 Å². The van der Waals surface area contributed by atoms with Gasteiger partial charge in [-0.15, -0.1) is 35.3 Å². The van der Waals surface area contributed by atoms with Gasteiger partial charge < -0.3 is 14.8 Å². The molecule has 1 N–H and O–H groups in total. The van der Waals surface area contributed by atoms with Crippen molar-refractivity contribution in [1.82, 2.24) is 24.7 Å². The molecule has 3 unspecified atom stereocenters. The van der Waals surface area contributed by atoms with E-state index in [9.17, 15) is 0 Å². The molecule has 0 aliphatic carbocycles. The SMILES string of the molecule is CN=C(NCC1CCCN(Cc2cccs2)C1)N1CCC(C)C(n2ccnc2)C1.I. The zero-order chi connectivity index (χ0) is 20.1. The summed E-state index contributed by atoms with van der Waals surface area (Å²) in [5, 5.41) is 5.88. The van der Waals surface area contributed by atoms with Crippen molar-refractivity contribution in [1.29, 1.82) is 0 Å². The van der Waals surface area contributed by atoms with E-state index in [1.165, 1.54) is 37.2 Å². The Morgan fingerprint density at radius 3 is 2.93 bits per heavy atom. The summed E-state index contributed by atoms with van der Waals surface area (Å²) < 4.78 is 2.26. The Hall–Kier alpha value is -1.13. The summed E-state index contributed by atoms with van der Waals surface area (Å²) in [6.45, 7) is 8.92. The first kappa shape index (κ1) is 23.5. The van der Waals surface area contributed by atoms with Gasteiger partial charge in [0, 0.05) is 57.0 Å². The average molecular weight is 543 g/mol. The molecule has 0 saturated carbocycles. The molecule has 30 heavy (non-hydrogen) atoms. The zero-order valence-electron chi connectivity index (χ0n) is 18.1. The maximum absolute atomic E-state index is 4.61. The van der Waals surface area contributed by atoms with E-state index < -0.39 is 0 Å². The van der Waals surface area contributed by atoms with E-state index in [4.69, 9.17) is 0 Å². The summed E-state index contributed by atoms with van der Waals surface area (Å²) in [6.07, 6.45) is 9.70. The summed E-state index contributed by atoms with van der Waals surface area (Å²) in [5.41, 5.74) is 0. The summed E-state index contributed by atoms with van der Waals surface area (Å²) in [7, 11) is 1.91. The number of rotatable bonds is 5. The van der Waals surface area contributed by atoms with Crippen molar-refractivity contribution in [3.05, 3.63) is 41.1 Å². The fourth-order valence-corrected chi connectivity index (χ4v) is 5.49. The maximum atomic E-state index is 4.61. The molecular formula is C22H35IN6S. The molecule has 0 spiro atoms. The number of hydrogen-bond donors (Lipinski definition) is 1. The normalized spacial score (nSPS) is 25.7. The molecule has 166 valence electrons. The van der Waals surface area contributed by atoms with Gasteiger partial charge in [-0.2, -0.15) is 0 Å². The van der Waals surface area contributed by atoms with Crippen LogP contribution in [0.15, 0.2) is 41.2 Å². The van der Waals surface area contributed by atoms with Gasteiger partial charge in [-0.3, -0.25) is 9.89 Å². The van der Waals surface area contributed by atoms with Crippen LogP contribution in [-0.4, -0.2) is 65.1 Å². The Morgan fingerprint density at radius 2 is 2.20 bits per heavy atom. The summed E-state index contributed by atoms with van der Waals surface area (Å²) in [5.74, 6) is 2.40. The fraction of sp³-hybridized carbons (Fsp3) is 0.636. The van der Waals surface area contributed by atoms with Crippen molar-refractivity contribution in [2.24, 2.45) is 16.8 Å². The lowest BCUT2D eigenvalue weighted by Crippen LogP contribution is -2.50. The molecule has 4 rings (SSSR count). The van der Waals surface area contributed by atoms with Crippen LogP contribution in [0.4, 0.5) is 0 Å².